The average Bonchev–Trinajstić information content (AvgIpc) is 2.80. The normalized spacial score (nSPS) is 12.6. The number of halogens is 2. The summed E-state index contributed by atoms with van der Waals surface area (Å²) in [6.45, 7) is 2.76. The van der Waals surface area contributed by atoms with Crippen molar-refractivity contribution >= 4 is 27.3 Å². The lowest BCUT2D eigenvalue weighted by Crippen LogP contribution is -2.22. The molecule has 0 amide bonds. The predicted molar refractivity (Wildman–Crippen MR) is 71.7 cm³/mol. The van der Waals surface area contributed by atoms with Crippen LogP contribution < -0.4 is 5.32 Å². The van der Waals surface area contributed by atoms with Crippen LogP contribution in [0.4, 0.5) is 4.39 Å². The minimum absolute atomic E-state index is 0.173. The molecular formula is C12H12BrFN2S. The molecule has 2 rings (SSSR count). The van der Waals surface area contributed by atoms with Crippen LogP contribution in [-0.2, 0) is 0 Å². The molecule has 2 aromatic rings. The first-order valence-corrected chi connectivity index (χ1v) is 6.97. The van der Waals surface area contributed by atoms with Gasteiger partial charge in [-0.25, -0.2) is 9.37 Å². The third-order valence-electron chi connectivity index (χ3n) is 2.38. The summed E-state index contributed by atoms with van der Waals surface area (Å²) in [6.07, 6.45) is 1.74. The summed E-state index contributed by atoms with van der Waals surface area (Å²) in [7, 11) is 0. The highest BCUT2D eigenvalue weighted by molar-refractivity contribution is 9.10. The Labute approximate surface area is 112 Å². The molecule has 1 aromatic heterocycles. The summed E-state index contributed by atoms with van der Waals surface area (Å²) < 4.78 is 14.7. The number of aromatic nitrogens is 1. The van der Waals surface area contributed by atoms with E-state index in [4.69, 9.17) is 0 Å². The van der Waals surface area contributed by atoms with E-state index < -0.39 is 0 Å². The van der Waals surface area contributed by atoms with E-state index in [1.165, 1.54) is 17.4 Å². The molecule has 1 N–H and O–H groups in total. The fraction of sp³-hybridized carbons (Fsp3) is 0.250. The highest BCUT2D eigenvalue weighted by Crippen LogP contribution is 2.27. The van der Waals surface area contributed by atoms with Gasteiger partial charge in [-0.05, 0) is 18.7 Å². The van der Waals surface area contributed by atoms with Crippen LogP contribution in [0, 0.1) is 5.82 Å². The van der Waals surface area contributed by atoms with Crippen molar-refractivity contribution in [2.24, 2.45) is 0 Å². The molecule has 0 saturated heterocycles. The Bertz CT molecular complexity index is 487. The maximum Gasteiger partial charge on any atom is 0.129 e. The Morgan fingerprint density at radius 3 is 2.94 bits per heavy atom. The molecule has 1 heterocycles. The molecule has 0 radical (unpaired) electrons. The van der Waals surface area contributed by atoms with E-state index in [1.54, 1.807) is 12.3 Å². The predicted octanol–water partition coefficient (Wildman–Crippen LogP) is 3.74. The van der Waals surface area contributed by atoms with Gasteiger partial charge in [0.05, 0.1) is 6.04 Å². The zero-order valence-electron chi connectivity index (χ0n) is 9.28. The van der Waals surface area contributed by atoms with Crippen molar-refractivity contribution in [1.29, 1.82) is 0 Å². The van der Waals surface area contributed by atoms with E-state index in [0.717, 1.165) is 16.0 Å². The number of benzene rings is 1. The fourth-order valence-corrected chi connectivity index (χ4v) is 2.71. The van der Waals surface area contributed by atoms with Gasteiger partial charge in [0, 0.05) is 21.6 Å². The number of hydrogen-bond donors (Lipinski definition) is 1. The van der Waals surface area contributed by atoms with Crippen molar-refractivity contribution in [3.63, 3.8) is 0 Å². The topological polar surface area (TPSA) is 24.9 Å². The molecule has 90 valence electrons. The van der Waals surface area contributed by atoms with Gasteiger partial charge < -0.3 is 5.32 Å². The molecule has 0 aliphatic carbocycles. The molecule has 0 saturated carbocycles. The average molecular weight is 315 g/mol. The maximum atomic E-state index is 13.9. The molecule has 1 unspecified atom stereocenters. The number of thiazole rings is 1. The summed E-state index contributed by atoms with van der Waals surface area (Å²) in [5.41, 5.74) is 0.630. The van der Waals surface area contributed by atoms with Crippen molar-refractivity contribution in [3.8, 4) is 0 Å². The van der Waals surface area contributed by atoms with Crippen LogP contribution in [0.15, 0.2) is 34.2 Å². The Morgan fingerprint density at radius 1 is 1.53 bits per heavy atom. The Kier molecular flexibility index (Phi) is 4.25. The molecule has 0 bridgehead atoms. The second-order valence-corrected chi connectivity index (χ2v) is 5.37. The summed E-state index contributed by atoms with van der Waals surface area (Å²) in [5, 5.41) is 6.04. The summed E-state index contributed by atoms with van der Waals surface area (Å²) >= 11 is 4.79. The summed E-state index contributed by atoms with van der Waals surface area (Å²) in [6, 6.07) is 4.94. The number of rotatable bonds is 4. The Morgan fingerprint density at radius 2 is 2.35 bits per heavy atom. The lowest BCUT2D eigenvalue weighted by atomic mass is 10.1. The maximum absolute atomic E-state index is 13.9. The highest BCUT2D eigenvalue weighted by atomic mass is 79.9. The molecule has 0 aliphatic heterocycles. The van der Waals surface area contributed by atoms with Crippen molar-refractivity contribution in [3.05, 3.63) is 50.6 Å². The standard InChI is InChI=1S/C12H12BrFN2S/c1-2-15-11(12-16-5-6-17-12)9-4-3-8(13)7-10(9)14/h3-7,11,15H,2H2,1H3. The first-order chi connectivity index (χ1) is 8.22. The van der Waals surface area contributed by atoms with Gasteiger partial charge in [-0.1, -0.05) is 28.9 Å². The van der Waals surface area contributed by atoms with E-state index in [2.05, 4.69) is 26.2 Å². The van der Waals surface area contributed by atoms with Crippen LogP contribution in [0.5, 0.6) is 0 Å². The zero-order valence-corrected chi connectivity index (χ0v) is 11.7. The molecule has 1 aromatic carbocycles. The lowest BCUT2D eigenvalue weighted by molar-refractivity contribution is 0.557. The summed E-state index contributed by atoms with van der Waals surface area (Å²) in [5.74, 6) is -0.222. The van der Waals surface area contributed by atoms with Gasteiger partial charge in [-0.15, -0.1) is 11.3 Å². The van der Waals surface area contributed by atoms with Crippen LogP contribution in [-0.4, -0.2) is 11.5 Å². The van der Waals surface area contributed by atoms with Crippen LogP contribution >= 0.6 is 27.3 Å². The van der Waals surface area contributed by atoms with Gasteiger partial charge in [0.15, 0.2) is 0 Å². The first-order valence-electron chi connectivity index (χ1n) is 5.30. The molecule has 17 heavy (non-hydrogen) atoms. The molecule has 2 nitrogen and oxygen atoms in total. The van der Waals surface area contributed by atoms with Crippen molar-refractivity contribution in [2.45, 2.75) is 13.0 Å². The van der Waals surface area contributed by atoms with Crippen LogP contribution in [0.1, 0.15) is 23.5 Å². The number of hydrogen-bond acceptors (Lipinski definition) is 3. The smallest absolute Gasteiger partial charge is 0.129 e. The molecule has 0 fully saturated rings. The third-order valence-corrected chi connectivity index (χ3v) is 3.71. The third kappa shape index (κ3) is 2.91. The van der Waals surface area contributed by atoms with E-state index in [-0.39, 0.29) is 11.9 Å². The van der Waals surface area contributed by atoms with E-state index in [9.17, 15) is 4.39 Å². The second-order valence-electron chi connectivity index (χ2n) is 3.53. The van der Waals surface area contributed by atoms with Crippen molar-refractivity contribution in [2.75, 3.05) is 6.54 Å². The van der Waals surface area contributed by atoms with Crippen LogP contribution in [0.3, 0.4) is 0 Å². The molecular weight excluding hydrogens is 303 g/mol. The molecule has 1 atom stereocenters. The Balaban J connectivity index is 2.39. The molecule has 5 heteroatoms. The monoisotopic (exact) mass is 314 g/mol. The minimum Gasteiger partial charge on any atom is -0.304 e. The second kappa shape index (κ2) is 5.71. The van der Waals surface area contributed by atoms with Gasteiger partial charge >= 0.3 is 0 Å². The largest absolute Gasteiger partial charge is 0.304 e. The highest BCUT2D eigenvalue weighted by Gasteiger charge is 2.19. The zero-order chi connectivity index (χ0) is 12.3. The number of nitrogens with zero attached hydrogens (tertiary/aromatic N) is 1. The van der Waals surface area contributed by atoms with Crippen LogP contribution in [0.2, 0.25) is 0 Å². The Hall–Kier alpha value is -0.780. The van der Waals surface area contributed by atoms with E-state index in [0.29, 0.717) is 5.56 Å². The molecule has 0 aliphatic rings. The van der Waals surface area contributed by atoms with Crippen molar-refractivity contribution in [1.82, 2.24) is 10.3 Å². The van der Waals surface area contributed by atoms with Gasteiger partial charge in [-0.2, -0.15) is 0 Å². The summed E-state index contributed by atoms with van der Waals surface area (Å²) in [4.78, 5) is 4.25. The SMILES string of the molecule is CCNC(c1nccs1)c1ccc(Br)cc1F. The van der Waals surface area contributed by atoms with Crippen molar-refractivity contribution < 1.29 is 4.39 Å². The minimum atomic E-state index is -0.222. The van der Waals surface area contributed by atoms with E-state index in [1.807, 2.05) is 18.4 Å². The van der Waals surface area contributed by atoms with Gasteiger partial charge in [0.2, 0.25) is 0 Å². The molecule has 0 spiro atoms. The lowest BCUT2D eigenvalue weighted by Gasteiger charge is -2.16. The quantitative estimate of drug-likeness (QED) is 0.929. The van der Waals surface area contributed by atoms with Gasteiger partial charge in [0.1, 0.15) is 10.8 Å². The van der Waals surface area contributed by atoms with Crippen LogP contribution in [0.25, 0.3) is 0 Å². The van der Waals surface area contributed by atoms with E-state index >= 15 is 0 Å². The van der Waals surface area contributed by atoms with Gasteiger partial charge in [0.25, 0.3) is 0 Å². The first kappa shape index (κ1) is 12.7. The number of nitrogens with one attached hydrogen (secondary N) is 1. The fourth-order valence-electron chi connectivity index (χ4n) is 1.65. The van der Waals surface area contributed by atoms with Gasteiger partial charge in [-0.3, -0.25) is 0 Å².